The normalized spacial score (nSPS) is 19.8. The summed E-state index contributed by atoms with van der Waals surface area (Å²) in [7, 11) is 0. The van der Waals surface area contributed by atoms with Crippen molar-refractivity contribution in [2.24, 2.45) is 0 Å². The Morgan fingerprint density at radius 2 is 1.84 bits per heavy atom. The molecule has 1 unspecified atom stereocenters. The van der Waals surface area contributed by atoms with E-state index in [2.05, 4.69) is 24.4 Å². The third-order valence-electron chi connectivity index (χ3n) is 4.98. The van der Waals surface area contributed by atoms with Crippen molar-refractivity contribution in [2.75, 3.05) is 0 Å². The summed E-state index contributed by atoms with van der Waals surface area (Å²) < 4.78 is 0. The second-order valence-electron chi connectivity index (χ2n) is 6.59. The van der Waals surface area contributed by atoms with E-state index in [1.807, 2.05) is 30.3 Å². The number of carbonyl (C=O) groups is 3. The van der Waals surface area contributed by atoms with Gasteiger partial charge >= 0.3 is 0 Å². The Morgan fingerprint density at radius 3 is 2.60 bits per heavy atom. The molecule has 4 rings (SSSR count). The lowest BCUT2D eigenvalue weighted by Crippen LogP contribution is -2.52. The molecule has 5 nitrogen and oxygen atoms in total. The fraction of sp³-hybridized carbons (Fsp3) is 0.250. The molecule has 1 atom stereocenters. The summed E-state index contributed by atoms with van der Waals surface area (Å²) in [5.41, 5.74) is 4.94. The summed E-state index contributed by atoms with van der Waals surface area (Å²) in [6, 6.07) is 13.4. The number of nitrogens with one attached hydrogen (secondary N) is 1. The van der Waals surface area contributed by atoms with Gasteiger partial charge in [0.2, 0.25) is 11.8 Å². The van der Waals surface area contributed by atoms with Gasteiger partial charge in [-0.05, 0) is 47.7 Å². The average molecular weight is 334 g/mol. The summed E-state index contributed by atoms with van der Waals surface area (Å²) in [6.07, 6.45) is 0.653. The molecule has 0 saturated carbocycles. The van der Waals surface area contributed by atoms with Crippen LogP contribution < -0.4 is 5.32 Å². The van der Waals surface area contributed by atoms with E-state index < -0.39 is 6.04 Å². The summed E-state index contributed by atoms with van der Waals surface area (Å²) >= 11 is 0. The summed E-state index contributed by atoms with van der Waals surface area (Å²) in [5.74, 6) is -0.787. The lowest BCUT2D eigenvalue weighted by atomic mass is 9.97. The minimum Gasteiger partial charge on any atom is -0.322 e. The highest BCUT2D eigenvalue weighted by atomic mass is 16.2. The Labute approximate surface area is 145 Å². The second-order valence-corrected chi connectivity index (χ2v) is 6.59. The van der Waals surface area contributed by atoms with Crippen molar-refractivity contribution in [2.45, 2.75) is 32.4 Å². The molecule has 2 aromatic rings. The minimum atomic E-state index is -0.570. The molecule has 2 heterocycles. The van der Waals surface area contributed by atoms with Crippen LogP contribution in [0.2, 0.25) is 0 Å². The van der Waals surface area contributed by atoms with E-state index in [-0.39, 0.29) is 24.1 Å². The van der Waals surface area contributed by atoms with Gasteiger partial charge in [-0.1, -0.05) is 30.3 Å². The number of benzene rings is 2. The molecule has 1 fully saturated rings. The highest BCUT2D eigenvalue weighted by molar-refractivity contribution is 6.05. The van der Waals surface area contributed by atoms with Crippen molar-refractivity contribution in [3.8, 4) is 11.1 Å². The molecule has 3 amide bonds. The molecule has 25 heavy (non-hydrogen) atoms. The maximum absolute atomic E-state index is 12.7. The lowest BCUT2D eigenvalue weighted by Gasteiger charge is -2.29. The maximum Gasteiger partial charge on any atom is 0.255 e. The van der Waals surface area contributed by atoms with E-state index >= 15 is 0 Å². The van der Waals surface area contributed by atoms with Crippen molar-refractivity contribution in [3.05, 3.63) is 59.2 Å². The van der Waals surface area contributed by atoms with Gasteiger partial charge < -0.3 is 4.90 Å². The van der Waals surface area contributed by atoms with Crippen LogP contribution in [-0.4, -0.2) is 28.7 Å². The molecule has 1 saturated heterocycles. The van der Waals surface area contributed by atoms with Crippen LogP contribution in [0.3, 0.4) is 0 Å². The molecule has 0 aliphatic carbocycles. The molecule has 0 radical (unpaired) electrons. The number of nitrogens with zero attached hydrogens (tertiary/aromatic N) is 1. The summed E-state index contributed by atoms with van der Waals surface area (Å²) in [6.45, 7) is 2.46. The zero-order chi connectivity index (χ0) is 17.6. The molecule has 1 N–H and O–H groups in total. The predicted octanol–water partition coefficient (Wildman–Crippen LogP) is 2.42. The Kier molecular flexibility index (Phi) is 3.64. The predicted molar refractivity (Wildman–Crippen MR) is 92.7 cm³/mol. The molecular weight excluding hydrogens is 316 g/mol. The van der Waals surface area contributed by atoms with E-state index in [4.69, 9.17) is 0 Å². The summed E-state index contributed by atoms with van der Waals surface area (Å²) in [5, 5.41) is 2.33. The number of fused-ring (bicyclic) bond motifs is 1. The highest BCUT2D eigenvalue weighted by Crippen LogP contribution is 2.32. The third-order valence-corrected chi connectivity index (χ3v) is 4.98. The molecule has 2 aliphatic rings. The summed E-state index contributed by atoms with van der Waals surface area (Å²) in [4.78, 5) is 37.7. The zero-order valence-electron chi connectivity index (χ0n) is 13.9. The van der Waals surface area contributed by atoms with Crippen LogP contribution in [0.1, 0.15) is 34.3 Å². The van der Waals surface area contributed by atoms with E-state index in [0.29, 0.717) is 18.5 Å². The quantitative estimate of drug-likeness (QED) is 0.858. The van der Waals surface area contributed by atoms with E-state index in [1.165, 1.54) is 5.56 Å². The minimum absolute atomic E-state index is 0.138. The standard InChI is InChI=1S/C20H18N2O3/c1-12-4-2-3-5-15(12)13-6-7-16-14(10-13)11-22(20(16)25)17-8-9-18(23)21-19(17)24/h2-7,10,17H,8-9,11H2,1H3,(H,21,23,24). The number of piperidine rings is 1. The molecule has 2 aliphatic heterocycles. The van der Waals surface area contributed by atoms with Gasteiger partial charge in [-0.2, -0.15) is 0 Å². The zero-order valence-corrected chi connectivity index (χ0v) is 13.9. The van der Waals surface area contributed by atoms with Gasteiger partial charge in [-0.15, -0.1) is 0 Å². The first kappa shape index (κ1) is 15.6. The Balaban J connectivity index is 1.65. The number of aryl methyl sites for hydroxylation is 1. The second kappa shape index (κ2) is 5.84. The van der Waals surface area contributed by atoms with Gasteiger partial charge in [0.05, 0.1) is 0 Å². The maximum atomic E-state index is 12.7. The van der Waals surface area contributed by atoms with Gasteiger partial charge in [-0.3, -0.25) is 19.7 Å². The van der Waals surface area contributed by atoms with Gasteiger partial charge in [0.1, 0.15) is 6.04 Å². The number of carbonyl (C=O) groups excluding carboxylic acids is 3. The van der Waals surface area contributed by atoms with Crippen LogP contribution in [0.4, 0.5) is 0 Å². The van der Waals surface area contributed by atoms with Crippen molar-refractivity contribution in [1.29, 1.82) is 0 Å². The fourth-order valence-corrected chi connectivity index (χ4v) is 3.64. The van der Waals surface area contributed by atoms with Crippen molar-refractivity contribution < 1.29 is 14.4 Å². The molecule has 0 spiro atoms. The van der Waals surface area contributed by atoms with Crippen LogP contribution in [-0.2, 0) is 16.1 Å². The van der Waals surface area contributed by atoms with Gasteiger partial charge in [0, 0.05) is 18.5 Å². The van der Waals surface area contributed by atoms with Crippen molar-refractivity contribution >= 4 is 17.7 Å². The third kappa shape index (κ3) is 2.61. The average Bonchev–Trinajstić information content (AvgIpc) is 2.91. The highest BCUT2D eigenvalue weighted by Gasteiger charge is 2.39. The van der Waals surface area contributed by atoms with E-state index in [9.17, 15) is 14.4 Å². The largest absolute Gasteiger partial charge is 0.322 e. The number of rotatable bonds is 2. The fourth-order valence-electron chi connectivity index (χ4n) is 3.64. The number of hydrogen-bond donors (Lipinski definition) is 1. The van der Waals surface area contributed by atoms with Gasteiger partial charge in [-0.25, -0.2) is 0 Å². The Bertz CT molecular complexity index is 904. The van der Waals surface area contributed by atoms with Crippen LogP contribution in [0, 0.1) is 6.92 Å². The molecular formula is C20H18N2O3. The van der Waals surface area contributed by atoms with Crippen molar-refractivity contribution in [1.82, 2.24) is 10.2 Å². The van der Waals surface area contributed by atoms with Crippen LogP contribution >= 0.6 is 0 Å². The molecule has 5 heteroatoms. The molecule has 0 aromatic heterocycles. The van der Waals surface area contributed by atoms with Crippen LogP contribution in [0.25, 0.3) is 11.1 Å². The SMILES string of the molecule is Cc1ccccc1-c1ccc2c(c1)CN(C1CCC(=O)NC1=O)C2=O. The number of imide groups is 1. The van der Waals surface area contributed by atoms with E-state index in [0.717, 1.165) is 16.7 Å². The molecule has 2 aromatic carbocycles. The Morgan fingerprint density at radius 1 is 1.04 bits per heavy atom. The Hall–Kier alpha value is -2.95. The molecule has 126 valence electrons. The first-order valence-electron chi connectivity index (χ1n) is 8.38. The van der Waals surface area contributed by atoms with Crippen LogP contribution in [0.5, 0.6) is 0 Å². The molecule has 0 bridgehead atoms. The first-order valence-corrected chi connectivity index (χ1v) is 8.38. The van der Waals surface area contributed by atoms with Gasteiger partial charge in [0.25, 0.3) is 5.91 Å². The number of hydrogen-bond acceptors (Lipinski definition) is 3. The van der Waals surface area contributed by atoms with E-state index in [1.54, 1.807) is 4.90 Å². The lowest BCUT2D eigenvalue weighted by molar-refractivity contribution is -0.136. The van der Waals surface area contributed by atoms with Crippen LogP contribution in [0.15, 0.2) is 42.5 Å². The topological polar surface area (TPSA) is 66.5 Å². The number of amides is 3. The first-order chi connectivity index (χ1) is 12.0. The smallest absolute Gasteiger partial charge is 0.255 e. The van der Waals surface area contributed by atoms with Gasteiger partial charge in [0.15, 0.2) is 0 Å². The van der Waals surface area contributed by atoms with Crippen molar-refractivity contribution in [3.63, 3.8) is 0 Å². The monoisotopic (exact) mass is 334 g/mol.